The molecule has 0 saturated carbocycles. The largest absolute Gasteiger partial charge is 0.492 e. The van der Waals surface area contributed by atoms with Crippen LogP contribution < -0.4 is 14.8 Å². The Balaban J connectivity index is 1.37. The van der Waals surface area contributed by atoms with Gasteiger partial charge in [0.1, 0.15) is 18.1 Å². The van der Waals surface area contributed by atoms with Crippen LogP contribution in [0.25, 0.3) is 6.08 Å². The van der Waals surface area contributed by atoms with E-state index in [1.165, 1.54) is 0 Å². The highest BCUT2D eigenvalue weighted by molar-refractivity contribution is 8.18. The zero-order chi connectivity index (χ0) is 25.5. The molecular formula is C27H23ClN2O5S. The van der Waals surface area contributed by atoms with E-state index in [2.05, 4.69) is 5.32 Å². The van der Waals surface area contributed by atoms with Gasteiger partial charge in [0.05, 0.1) is 11.4 Å². The summed E-state index contributed by atoms with van der Waals surface area (Å²) >= 11 is 6.96. The molecule has 0 aromatic heterocycles. The van der Waals surface area contributed by atoms with Gasteiger partial charge in [0.2, 0.25) is 0 Å². The Bertz CT molecular complexity index is 1310. The monoisotopic (exact) mass is 522 g/mol. The molecule has 3 aromatic carbocycles. The van der Waals surface area contributed by atoms with Crippen LogP contribution in [0.15, 0.2) is 77.7 Å². The van der Waals surface area contributed by atoms with Crippen LogP contribution in [0.4, 0.5) is 10.5 Å². The van der Waals surface area contributed by atoms with Gasteiger partial charge < -0.3 is 14.8 Å². The molecule has 0 atom stereocenters. The summed E-state index contributed by atoms with van der Waals surface area (Å²) in [5, 5.41) is 2.93. The number of rotatable bonds is 9. The average molecular weight is 523 g/mol. The van der Waals surface area contributed by atoms with Crippen molar-refractivity contribution >= 4 is 52.2 Å². The van der Waals surface area contributed by atoms with E-state index in [1.54, 1.807) is 54.6 Å². The molecule has 1 aliphatic rings. The number of para-hydroxylation sites is 2. The van der Waals surface area contributed by atoms with Gasteiger partial charge in [0, 0.05) is 16.3 Å². The SMILES string of the molecule is Cc1ccc(NC(=O)COc2ccccc2/C=C2\SC(=O)N(CCOc3ccccc3)C2=O)cc1Cl. The summed E-state index contributed by atoms with van der Waals surface area (Å²) in [6.45, 7) is 1.96. The van der Waals surface area contributed by atoms with Gasteiger partial charge in [0.25, 0.3) is 17.1 Å². The third kappa shape index (κ3) is 6.47. The molecule has 1 heterocycles. The number of nitrogens with zero attached hydrogens (tertiary/aromatic N) is 1. The first kappa shape index (κ1) is 25.3. The Morgan fingerprint density at radius 2 is 1.78 bits per heavy atom. The van der Waals surface area contributed by atoms with Crippen molar-refractivity contribution in [3.05, 3.63) is 93.9 Å². The second-order valence-corrected chi connectivity index (χ2v) is 9.23. The van der Waals surface area contributed by atoms with Crippen LogP contribution in [0, 0.1) is 6.92 Å². The molecule has 1 fully saturated rings. The second kappa shape index (κ2) is 11.8. The van der Waals surface area contributed by atoms with Crippen LogP contribution in [0.5, 0.6) is 11.5 Å². The highest BCUT2D eigenvalue weighted by Crippen LogP contribution is 2.34. The molecule has 7 nitrogen and oxygen atoms in total. The Hall–Kier alpha value is -3.75. The highest BCUT2D eigenvalue weighted by atomic mass is 35.5. The summed E-state index contributed by atoms with van der Waals surface area (Å²) in [7, 11) is 0. The lowest BCUT2D eigenvalue weighted by Gasteiger charge is -2.13. The molecule has 3 amide bonds. The van der Waals surface area contributed by atoms with E-state index in [0.717, 1.165) is 22.2 Å². The number of carbonyl (C=O) groups is 3. The number of imide groups is 1. The number of hydrogen-bond acceptors (Lipinski definition) is 6. The number of aryl methyl sites for hydroxylation is 1. The first-order valence-corrected chi connectivity index (χ1v) is 12.3. The molecule has 3 aromatic rings. The van der Waals surface area contributed by atoms with E-state index < -0.39 is 5.91 Å². The summed E-state index contributed by atoms with van der Waals surface area (Å²) in [4.78, 5) is 39.1. The van der Waals surface area contributed by atoms with E-state index in [4.69, 9.17) is 21.1 Å². The summed E-state index contributed by atoms with van der Waals surface area (Å²) in [5.41, 5.74) is 2.06. The number of anilines is 1. The summed E-state index contributed by atoms with van der Waals surface area (Å²) in [6.07, 6.45) is 1.59. The van der Waals surface area contributed by atoms with Crippen LogP contribution >= 0.6 is 23.4 Å². The van der Waals surface area contributed by atoms with Crippen molar-refractivity contribution in [2.45, 2.75) is 6.92 Å². The van der Waals surface area contributed by atoms with E-state index in [0.29, 0.717) is 27.8 Å². The van der Waals surface area contributed by atoms with Crippen LogP contribution in [-0.4, -0.2) is 41.7 Å². The lowest BCUT2D eigenvalue weighted by atomic mass is 10.2. The van der Waals surface area contributed by atoms with E-state index in [1.807, 2.05) is 31.2 Å². The predicted molar refractivity (Wildman–Crippen MR) is 141 cm³/mol. The van der Waals surface area contributed by atoms with Gasteiger partial charge >= 0.3 is 0 Å². The molecule has 184 valence electrons. The van der Waals surface area contributed by atoms with E-state index in [-0.39, 0.29) is 35.8 Å². The highest BCUT2D eigenvalue weighted by Gasteiger charge is 2.35. The molecule has 0 spiro atoms. The lowest BCUT2D eigenvalue weighted by Crippen LogP contribution is -2.32. The summed E-state index contributed by atoms with van der Waals surface area (Å²) in [6, 6.07) is 21.4. The minimum absolute atomic E-state index is 0.137. The van der Waals surface area contributed by atoms with Gasteiger partial charge in [-0.1, -0.05) is 54.1 Å². The van der Waals surface area contributed by atoms with Gasteiger partial charge in [-0.3, -0.25) is 19.3 Å². The molecule has 9 heteroatoms. The van der Waals surface area contributed by atoms with Crippen molar-refractivity contribution in [1.82, 2.24) is 4.90 Å². The van der Waals surface area contributed by atoms with Crippen LogP contribution in [0.1, 0.15) is 11.1 Å². The van der Waals surface area contributed by atoms with Gasteiger partial charge in [-0.25, -0.2) is 0 Å². The number of amides is 3. The van der Waals surface area contributed by atoms with Crippen molar-refractivity contribution in [2.24, 2.45) is 0 Å². The topological polar surface area (TPSA) is 84.9 Å². The average Bonchev–Trinajstić information content (AvgIpc) is 3.14. The maximum Gasteiger partial charge on any atom is 0.293 e. The molecule has 4 rings (SSSR count). The number of halogens is 1. The first-order valence-electron chi connectivity index (χ1n) is 11.1. The normalized spacial score (nSPS) is 14.3. The summed E-state index contributed by atoms with van der Waals surface area (Å²) in [5.74, 6) is 0.323. The van der Waals surface area contributed by atoms with E-state index >= 15 is 0 Å². The van der Waals surface area contributed by atoms with Crippen molar-refractivity contribution in [1.29, 1.82) is 0 Å². The maximum atomic E-state index is 12.8. The first-order chi connectivity index (χ1) is 17.4. The fourth-order valence-electron chi connectivity index (χ4n) is 3.35. The van der Waals surface area contributed by atoms with Crippen LogP contribution in [0.3, 0.4) is 0 Å². The van der Waals surface area contributed by atoms with E-state index in [9.17, 15) is 14.4 Å². The minimum atomic E-state index is -0.398. The molecular weight excluding hydrogens is 500 g/mol. The maximum absolute atomic E-state index is 12.8. The number of benzene rings is 3. The zero-order valence-corrected chi connectivity index (χ0v) is 21.0. The molecule has 0 unspecified atom stereocenters. The smallest absolute Gasteiger partial charge is 0.293 e. The van der Waals surface area contributed by atoms with Gasteiger partial charge in [0.15, 0.2) is 6.61 Å². The number of nitrogens with one attached hydrogen (secondary N) is 1. The fourth-order valence-corrected chi connectivity index (χ4v) is 4.38. The number of thioether (sulfide) groups is 1. The fraction of sp³-hybridized carbons (Fsp3) is 0.148. The summed E-state index contributed by atoms with van der Waals surface area (Å²) < 4.78 is 11.3. The predicted octanol–water partition coefficient (Wildman–Crippen LogP) is 5.78. The number of carbonyl (C=O) groups excluding carboxylic acids is 3. The second-order valence-electron chi connectivity index (χ2n) is 7.83. The van der Waals surface area contributed by atoms with Crippen molar-refractivity contribution in [3.8, 4) is 11.5 Å². The molecule has 0 radical (unpaired) electrons. The van der Waals surface area contributed by atoms with Crippen LogP contribution in [-0.2, 0) is 9.59 Å². The standard InChI is InChI=1S/C27H23ClN2O5S/c1-18-11-12-20(16-22(18)28)29-25(31)17-35-23-10-6-5-7-19(23)15-24-26(32)30(27(33)36-24)13-14-34-21-8-3-2-4-9-21/h2-12,15-16H,13-14,17H2,1H3,(H,29,31)/b24-15-. The third-order valence-electron chi connectivity index (χ3n) is 5.22. The lowest BCUT2D eigenvalue weighted by molar-refractivity contribution is -0.123. The Morgan fingerprint density at radius 1 is 1.03 bits per heavy atom. The third-order valence-corrected chi connectivity index (χ3v) is 6.53. The number of ether oxygens (including phenoxy) is 2. The Kier molecular flexibility index (Phi) is 8.30. The van der Waals surface area contributed by atoms with Gasteiger partial charge in [-0.05, 0) is 60.7 Å². The molecule has 0 bridgehead atoms. The quantitative estimate of drug-likeness (QED) is 0.358. The molecule has 1 N–H and O–H groups in total. The Morgan fingerprint density at radius 3 is 2.56 bits per heavy atom. The molecule has 1 saturated heterocycles. The van der Waals surface area contributed by atoms with Gasteiger partial charge in [-0.2, -0.15) is 0 Å². The van der Waals surface area contributed by atoms with Crippen molar-refractivity contribution in [3.63, 3.8) is 0 Å². The van der Waals surface area contributed by atoms with Crippen molar-refractivity contribution < 1.29 is 23.9 Å². The molecule has 1 aliphatic heterocycles. The molecule has 0 aliphatic carbocycles. The molecule has 36 heavy (non-hydrogen) atoms. The number of hydrogen-bond donors (Lipinski definition) is 1. The zero-order valence-electron chi connectivity index (χ0n) is 19.4. The minimum Gasteiger partial charge on any atom is -0.492 e. The van der Waals surface area contributed by atoms with Gasteiger partial charge in [-0.15, -0.1) is 0 Å². The Labute approximate surface area is 218 Å². The van der Waals surface area contributed by atoms with Crippen LogP contribution in [0.2, 0.25) is 5.02 Å². The van der Waals surface area contributed by atoms with Crippen molar-refractivity contribution in [2.75, 3.05) is 25.1 Å².